The standard InChI is InChI=1S/C67H47N/c1-45(46-20-3-2-4-21-46)51-24-7-8-26-54(51)55-27-9-10-28-56(55)60-32-14-18-37-66(60)68(49-40-38-48(39-41-49)53-33-19-23-47-22-5-6-25-52(47)53)50-42-43-65-61(44-50)59-31-13-17-36-64(59)67(65)62-34-15-11-29-57(62)58-30-12-16-35-63(58)67/h2-45H,1H3/t45-/m0/s1. The van der Waals surface area contributed by atoms with Crippen molar-refractivity contribution < 1.29 is 0 Å². The largest absolute Gasteiger partial charge is 0.310 e. The first-order valence-corrected chi connectivity index (χ1v) is 23.8. The molecule has 0 aliphatic heterocycles. The van der Waals surface area contributed by atoms with Crippen molar-refractivity contribution in [1.82, 2.24) is 0 Å². The minimum atomic E-state index is -0.413. The predicted octanol–water partition coefficient (Wildman–Crippen LogP) is 17.8. The minimum absolute atomic E-state index is 0.212. The molecule has 0 bridgehead atoms. The van der Waals surface area contributed by atoms with Crippen molar-refractivity contribution in [1.29, 1.82) is 0 Å². The van der Waals surface area contributed by atoms with Gasteiger partial charge >= 0.3 is 0 Å². The van der Waals surface area contributed by atoms with Gasteiger partial charge in [-0.1, -0.05) is 237 Å². The summed E-state index contributed by atoms with van der Waals surface area (Å²) in [6.45, 7) is 2.33. The monoisotopic (exact) mass is 865 g/mol. The number of nitrogens with zero attached hydrogens (tertiary/aromatic N) is 1. The molecule has 1 spiro atoms. The van der Waals surface area contributed by atoms with Crippen molar-refractivity contribution in [2.24, 2.45) is 0 Å². The van der Waals surface area contributed by atoms with Gasteiger partial charge in [-0.15, -0.1) is 0 Å². The summed E-state index contributed by atoms with van der Waals surface area (Å²) in [5.41, 5.74) is 23.3. The number of anilines is 3. The molecule has 11 aromatic carbocycles. The fourth-order valence-electron chi connectivity index (χ4n) is 11.8. The van der Waals surface area contributed by atoms with Crippen LogP contribution in [-0.4, -0.2) is 0 Å². The van der Waals surface area contributed by atoms with Crippen LogP contribution in [-0.2, 0) is 5.41 Å². The molecule has 11 aromatic rings. The van der Waals surface area contributed by atoms with Gasteiger partial charge in [0.15, 0.2) is 0 Å². The molecule has 0 saturated heterocycles. The molecule has 0 fully saturated rings. The quantitative estimate of drug-likeness (QED) is 0.147. The molecule has 13 rings (SSSR count). The van der Waals surface area contributed by atoms with Gasteiger partial charge in [0.05, 0.1) is 11.1 Å². The molecule has 0 radical (unpaired) electrons. The first kappa shape index (κ1) is 39.8. The van der Waals surface area contributed by atoms with Crippen LogP contribution in [0, 0.1) is 0 Å². The minimum Gasteiger partial charge on any atom is -0.310 e. The summed E-state index contributed by atoms with van der Waals surface area (Å²) in [7, 11) is 0. The molecule has 1 atom stereocenters. The Bertz CT molecular complexity index is 3660. The second kappa shape index (κ2) is 16.1. The number of benzene rings is 11. The molecule has 1 nitrogen and oxygen atoms in total. The summed E-state index contributed by atoms with van der Waals surface area (Å²) in [4.78, 5) is 2.49. The number of fused-ring (bicyclic) bond motifs is 11. The van der Waals surface area contributed by atoms with Crippen molar-refractivity contribution in [2.75, 3.05) is 4.90 Å². The zero-order chi connectivity index (χ0) is 45.2. The summed E-state index contributed by atoms with van der Waals surface area (Å²) in [6.07, 6.45) is 0. The lowest BCUT2D eigenvalue weighted by Gasteiger charge is -2.32. The third kappa shape index (κ3) is 6.09. The average molecular weight is 866 g/mol. The molecule has 68 heavy (non-hydrogen) atoms. The molecule has 0 amide bonds. The molecule has 0 aromatic heterocycles. The first-order valence-electron chi connectivity index (χ1n) is 23.8. The van der Waals surface area contributed by atoms with Crippen LogP contribution in [0.1, 0.15) is 46.2 Å². The predicted molar refractivity (Wildman–Crippen MR) is 285 cm³/mol. The van der Waals surface area contributed by atoms with E-state index in [4.69, 9.17) is 0 Å². The van der Waals surface area contributed by atoms with E-state index in [1.807, 2.05) is 0 Å². The average Bonchev–Trinajstić information content (AvgIpc) is 3.88. The van der Waals surface area contributed by atoms with Crippen LogP contribution in [0.25, 0.3) is 66.4 Å². The van der Waals surface area contributed by atoms with E-state index in [9.17, 15) is 0 Å². The highest BCUT2D eigenvalue weighted by Gasteiger charge is 2.51. The number of rotatable bonds is 8. The zero-order valence-electron chi connectivity index (χ0n) is 37.9. The second-order valence-corrected chi connectivity index (χ2v) is 18.3. The van der Waals surface area contributed by atoms with Gasteiger partial charge in [0.25, 0.3) is 0 Å². The molecule has 0 N–H and O–H groups in total. The summed E-state index contributed by atoms with van der Waals surface area (Å²) >= 11 is 0. The Morgan fingerprint density at radius 2 is 0.794 bits per heavy atom. The van der Waals surface area contributed by atoms with Crippen molar-refractivity contribution in [3.05, 3.63) is 294 Å². The number of hydrogen-bond acceptors (Lipinski definition) is 1. The van der Waals surface area contributed by atoms with Crippen LogP contribution in [0.4, 0.5) is 17.1 Å². The van der Waals surface area contributed by atoms with E-state index in [0.717, 1.165) is 17.1 Å². The zero-order valence-corrected chi connectivity index (χ0v) is 37.9. The topological polar surface area (TPSA) is 3.24 Å². The Balaban J connectivity index is 1.02. The lowest BCUT2D eigenvalue weighted by atomic mass is 9.70. The molecule has 0 heterocycles. The maximum absolute atomic E-state index is 2.49. The third-order valence-electron chi connectivity index (χ3n) is 14.8. The smallest absolute Gasteiger partial charge is 0.0725 e. The van der Waals surface area contributed by atoms with Crippen LogP contribution in [0.5, 0.6) is 0 Å². The number of hydrogen-bond donors (Lipinski definition) is 0. The van der Waals surface area contributed by atoms with Gasteiger partial charge < -0.3 is 4.90 Å². The Hall–Kier alpha value is -8.52. The van der Waals surface area contributed by atoms with Gasteiger partial charge in [0, 0.05) is 22.9 Å². The molecule has 320 valence electrons. The van der Waals surface area contributed by atoms with Crippen LogP contribution in [0.3, 0.4) is 0 Å². The fourth-order valence-corrected chi connectivity index (χ4v) is 11.8. The lowest BCUT2D eigenvalue weighted by molar-refractivity contribution is 0.794. The summed E-state index contributed by atoms with van der Waals surface area (Å²) in [5, 5.41) is 2.50. The molecule has 0 unspecified atom stereocenters. The highest BCUT2D eigenvalue weighted by Crippen LogP contribution is 2.63. The van der Waals surface area contributed by atoms with Crippen molar-refractivity contribution in [3.63, 3.8) is 0 Å². The van der Waals surface area contributed by atoms with Crippen molar-refractivity contribution in [3.8, 4) is 55.6 Å². The molecule has 2 aliphatic carbocycles. The van der Waals surface area contributed by atoms with E-state index in [1.54, 1.807) is 0 Å². The highest BCUT2D eigenvalue weighted by molar-refractivity contribution is 6.00. The van der Waals surface area contributed by atoms with E-state index in [1.165, 1.54) is 99.8 Å². The first-order chi connectivity index (χ1) is 33.7. The molecular weight excluding hydrogens is 819 g/mol. The Labute approximate surface area is 398 Å². The molecule has 1 heteroatoms. The Morgan fingerprint density at radius 1 is 0.324 bits per heavy atom. The highest BCUT2D eigenvalue weighted by atomic mass is 15.1. The van der Waals surface area contributed by atoms with E-state index >= 15 is 0 Å². The van der Waals surface area contributed by atoms with Gasteiger partial charge in [-0.3, -0.25) is 0 Å². The fraction of sp³-hybridized carbons (Fsp3) is 0.0448. The van der Waals surface area contributed by atoms with E-state index in [-0.39, 0.29) is 5.92 Å². The molecular formula is C67H47N. The van der Waals surface area contributed by atoms with E-state index < -0.39 is 5.41 Å². The normalized spacial score (nSPS) is 13.1. The SMILES string of the molecule is C[C@@H](c1ccccc1)c1ccccc1-c1ccccc1-c1ccccc1N(c1ccc(-c2cccc3ccccc23)cc1)c1ccc2c(c1)-c1ccccc1C21c2ccccc2-c2ccccc21. The van der Waals surface area contributed by atoms with Crippen molar-refractivity contribution >= 4 is 27.8 Å². The maximum Gasteiger partial charge on any atom is 0.0725 e. The second-order valence-electron chi connectivity index (χ2n) is 18.3. The summed E-state index contributed by atoms with van der Waals surface area (Å²) in [6, 6.07) is 96.7. The van der Waals surface area contributed by atoms with E-state index in [2.05, 4.69) is 273 Å². The Kier molecular flexibility index (Phi) is 9.44. The Morgan fingerprint density at radius 3 is 1.49 bits per heavy atom. The van der Waals surface area contributed by atoms with Gasteiger partial charge in [-0.25, -0.2) is 0 Å². The third-order valence-corrected chi connectivity index (χ3v) is 14.8. The van der Waals surface area contributed by atoms with Crippen LogP contribution in [0.15, 0.2) is 261 Å². The van der Waals surface area contributed by atoms with Crippen LogP contribution in [0.2, 0.25) is 0 Å². The van der Waals surface area contributed by atoms with Crippen molar-refractivity contribution in [2.45, 2.75) is 18.3 Å². The molecule has 2 aliphatic rings. The van der Waals surface area contributed by atoms with Crippen LogP contribution < -0.4 is 4.90 Å². The van der Waals surface area contributed by atoms with Gasteiger partial charge in [0.1, 0.15) is 0 Å². The van der Waals surface area contributed by atoms with E-state index in [0.29, 0.717) is 0 Å². The summed E-state index contributed by atoms with van der Waals surface area (Å²) in [5.74, 6) is 0.212. The van der Waals surface area contributed by atoms with Gasteiger partial charge in [-0.2, -0.15) is 0 Å². The number of para-hydroxylation sites is 1. The van der Waals surface area contributed by atoms with Gasteiger partial charge in [-0.05, 0) is 125 Å². The van der Waals surface area contributed by atoms with Gasteiger partial charge in [0.2, 0.25) is 0 Å². The van der Waals surface area contributed by atoms with Crippen LogP contribution >= 0.6 is 0 Å². The maximum atomic E-state index is 2.49. The summed E-state index contributed by atoms with van der Waals surface area (Å²) < 4.78 is 0. The lowest BCUT2D eigenvalue weighted by Crippen LogP contribution is -2.25. The molecule has 0 saturated carbocycles.